The Morgan fingerprint density at radius 3 is 2.88 bits per heavy atom. The van der Waals surface area contributed by atoms with Crippen LogP contribution in [0.15, 0.2) is 30.5 Å². The van der Waals surface area contributed by atoms with Crippen LogP contribution in [0.3, 0.4) is 0 Å². The van der Waals surface area contributed by atoms with Crippen molar-refractivity contribution in [3.63, 3.8) is 0 Å². The van der Waals surface area contributed by atoms with Crippen LogP contribution < -0.4 is 10.6 Å². The van der Waals surface area contributed by atoms with Crippen molar-refractivity contribution >= 4 is 29.4 Å². The molecule has 2 atom stereocenters. The first kappa shape index (κ1) is 10.7. The molecule has 0 saturated carbocycles. The highest BCUT2D eigenvalue weighted by molar-refractivity contribution is 7.80. The maximum absolute atomic E-state index is 11.6. The van der Waals surface area contributed by atoms with Crippen LogP contribution in [0.1, 0.15) is 5.56 Å². The van der Waals surface area contributed by atoms with E-state index in [4.69, 9.17) is 0 Å². The maximum Gasteiger partial charge on any atom is 0.239 e. The topological polar surface area (TPSA) is 56.9 Å². The van der Waals surface area contributed by atoms with Crippen molar-refractivity contribution < 1.29 is 4.79 Å². The minimum Gasteiger partial charge on any atom is -0.361 e. The molecule has 1 aromatic carbocycles. The van der Waals surface area contributed by atoms with Gasteiger partial charge in [0.25, 0.3) is 0 Å². The van der Waals surface area contributed by atoms with Crippen LogP contribution in [0.4, 0.5) is 0 Å². The third kappa shape index (κ3) is 1.92. The summed E-state index contributed by atoms with van der Waals surface area (Å²) in [6.45, 7) is 0. The molecule has 1 aromatic heterocycles. The summed E-state index contributed by atoms with van der Waals surface area (Å²) in [6, 6.07) is 7.89. The SMILES string of the molecule is O=C1NC(S)NC1Cc1c[nH]c2ccccc12. The van der Waals surface area contributed by atoms with Gasteiger partial charge >= 0.3 is 0 Å². The average Bonchev–Trinajstić information content (AvgIpc) is 2.85. The largest absolute Gasteiger partial charge is 0.361 e. The molecule has 4 nitrogen and oxygen atoms in total. The lowest BCUT2D eigenvalue weighted by Gasteiger charge is -2.06. The van der Waals surface area contributed by atoms with Gasteiger partial charge in [-0.2, -0.15) is 0 Å². The second-order valence-corrected chi connectivity index (χ2v) is 4.71. The number of carbonyl (C=O) groups excluding carboxylic acids is 1. The minimum absolute atomic E-state index is 0.00952. The van der Waals surface area contributed by atoms with Crippen LogP contribution in [0.25, 0.3) is 10.9 Å². The lowest BCUT2D eigenvalue weighted by Crippen LogP contribution is -2.31. The van der Waals surface area contributed by atoms with Crippen LogP contribution in [-0.4, -0.2) is 22.4 Å². The minimum atomic E-state index is -0.238. The molecule has 0 radical (unpaired) electrons. The molecule has 1 saturated heterocycles. The Kier molecular flexibility index (Phi) is 2.57. The first-order valence-electron chi connectivity index (χ1n) is 5.53. The van der Waals surface area contributed by atoms with Crippen molar-refractivity contribution in [3.8, 4) is 0 Å². The van der Waals surface area contributed by atoms with E-state index in [1.807, 2.05) is 24.4 Å². The van der Waals surface area contributed by atoms with Gasteiger partial charge in [-0.05, 0) is 18.1 Å². The highest BCUT2D eigenvalue weighted by atomic mass is 32.1. The van der Waals surface area contributed by atoms with E-state index >= 15 is 0 Å². The number of carbonyl (C=O) groups is 1. The molecular formula is C12H13N3OS. The molecular weight excluding hydrogens is 234 g/mol. The van der Waals surface area contributed by atoms with Gasteiger partial charge < -0.3 is 10.3 Å². The molecule has 0 bridgehead atoms. The molecule has 0 aliphatic carbocycles. The number of aromatic amines is 1. The summed E-state index contributed by atoms with van der Waals surface area (Å²) in [6.07, 6.45) is 2.64. The Bertz CT molecular complexity index is 566. The third-order valence-corrected chi connectivity index (χ3v) is 3.33. The van der Waals surface area contributed by atoms with E-state index in [0.717, 1.165) is 11.1 Å². The predicted octanol–water partition coefficient (Wildman–Crippen LogP) is 1.01. The molecule has 2 aromatic rings. The second kappa shape index (κ2) is 4.09. The van der Waals surface area contributed by atoms with Gasteiger partial charge in [0.15, 0.2) is 0 Å². The van der Waals surface area contributed by atoms with Gasteiger partial charge in [0.1, 0.15) is 5.50 Å². The Balaban J connectivity index is 1.88. The van der Waals surface area contributed by atoms with Gasteiger partial charge in [-0.1, -0.05) is 18.2 Å². The summed E-state index contributed by atoms with van der Waals surface area (Å²) in [5, 5.41) is 7.00. The van der Waals surface area contributed by atoms with Crippen molar-refractivity contribution in [2.75, 3.05) is 0 Å². The summed E-state index contributed by atoms with van der Waals surface area (Å²) in [5.74, 6) is 0.00952. The number of aromatic nitrogens is 1. The summed E-state index contributed by atoms with van der Waals surface area (Å²) < 4.78 is 0. The predicted molar refractivity (Wildman–Crippen MR) is 69.8 cm³/mol. The highest BCUT2D eigenvalue weighted by Gasteiger charge is 2.29. The van der Waals surface area contributed by atoms with E-state index < -0.39 is 0 Å². The van der Waals surface area contributed by atoms with Crippen molar-refractivity contribution in [1.82, 2.24) is 15.6 Å². The number of para-hydroxylation sites is 1. The van der Waals surface area contributed by atoms with Crippen LogP contribution in [0.2, 0.25) is 0 Å². The molecule has 1 amide bonds. The zero-order chi connectivity index (χ0) is 11.8. The van der Waals surface area contributed by atoms with E-state index in [2.05, 4.69) is 34.3 Å². The summed E-state index contributed by atoms with van der Waals surface area (Å²) in [5.41, 5.74) is 2.01. The van der Waals surface area contributed by atoms with Crippen LogP contribution in [0, 0.1) is 0 Å². The summed E-state index contributed by atoms with van der Waals surface area (Å²) in [7, 11) is 0. The molecule has 2 unspecified atom stereocenters. The summed E-state index contributed by atoms with van der Waals surface area (Å²) in [4.78, 5) is 14.8. The number of nitrogens with one attached hydrogen (secondary N) is 3. The van der Waals surface area contributed by atoms with E-state index in [0.29, 0.717) is 6.42 Å². The van der Waals surface area contributed by atoms with Gasteiger partial charge in [-0.3, -0.25) is 10.1 Å². The third-order valence-electron chi connectivity index (χ3n) is 3.05. The molecule has 1 fully saturated rings. The zero-order valence-electron chi connectivity index (χ0n) is 9.10. The molecule has 88 valence electrons. The number of rotatable bonds is 2. The van der Waals surface area contributed by atoms with Crippen LogP contribution in [0.5, 0.6) is 0 Å². The molecule has 3 N–H and O–H groups in total. The maximum atomic E-state index is 11.6. The fraction of sp³-hybridized carbons (Fsp3) is 0.250. The standard InChI is InChI=1S/C12H13N3OS/c16-11-10(14-12(17)15-11)5-7-6-13-9-4-2-1-3-8(7)9/h1-4,6,10,12-14,17H,5H2,(H,15,16). The van der Waals surface area contributed by atoms with Gasteiger partial charge in [0.2, 0.25) is 5.91 Å². The van der Waals surface area contributed by atoms with E-state index in [-0.39, 0.29) is 17.4 Å². The highest BCUT2D eigenvalue weighted by Crippen LogP contribution is 2.20. The Hall–Kier alpha value is -1.46. The fourth-order valence-electron chi connectivity index (χ4n) is 2.22. The van der Waals surface area contributed by atoms with Gasteiger partial charge in [-0.25, -0.2) is 0 Å². The number of amides is 1. The number of H-pyrrole nitrogens is 1. The molecule has 3 rings (SSSR count). The number of thiol groups is 1. The number of hydrogen-bond acceptors (Lipinski definition) is 3. The Morgan fingerprint density at radius 1 is 1.29 bits per heavy atom. The number of fused-ring (bicyclic) bond motifs is 1. The quantitative estimate of drug-likeness (QED) is 0.599. The molecule has 1 aliphatic rings. The van der Waals surface area contributed by atoms with Gasteiger partial charge in [0.05, 0.1) is 6.04 Å². The van der Waals surface area contributed by atoms with Crippen LogP contribution in [-0.2, 0) is 11.2 Å². The molecule has 2 heterocycles. The molecule has 0 spiro atoms. The van der Waals surface area contributed by atoms with E-state index in [1.54, 1.807) is 0 Å². The second-order valence-electron chi connectivity index (χ2n) is 4.19. The van der Waals surface area contributed by atoms with Crippen LogP contribution >= 0.6 is 12.6 Å². The Morgan fingerprint density at radius 2 is 2.12 bits per heavy atom. The fourth-order valence-corrected chi connectivity index (χ4v) is 2.52. The summed E-state index contributed by atoms with van der Waals surface area (Å²) >= 11 is 4.18. The van der Waals surface area contributed by atoms with Crippen molar-refractivity contribution in [3.05, 3.63) is 36.0 Å². The normalized spacial score (nSPS) is 24.2. The molecule has 5 heteroatoms. The number of benzene rings is 1. The zero-order valence-corrected chi connectivity index (χ0v) is 10.00. The lowest BCUT2D eigenvalue weighted by molar-refractivity contribution is -0.120. The van der Waals surface area contributed by atoms with E-state index in [1.165, 1.54) is 5.39 Å². The average molecular weight is 247 g/mol. The monoisotopic (exact) mass is 247 g/mol. The van der Waals surface area contributed by atoms with E-state index in [9.17, 15) is 4.79 Å². The smallest absolute Gasteiger partial charge is 0.239 e. The van der Waals surface area contributed by atoms with Crippen molar-refractivity contribution in [2.24, 2.45) is 0 Å². The first-order chi connectivity index (χ1) is 8.24. The molecule has 1 aliphatic heterocycles. The molecule has 17 heavy (non-hydrogen) atoms. The van der Waals surface area contributed by atoms with Crippen molar-refractivity contribution in [1.29, 1.82) is 0 Å². The number of hydrogen-bond donors (Lipinski definition) is 4. The van der Waals surface area contributed by atoms with Crippen molar-refractivity contribution in [2.45, 2.75) is 18.0 Å². The van der Waals surface area contributed by atoms with Gasteiger partial charge in [-0.15, -0.1) is 12.6 Å². The Labute approximate surface area is 104 Å². The van der Waals surface area contributed by atoms with Gasteiger partial charge in [0, 0.05) is 17.1 Å². The lowest BCUT2D eigenvalue weighted by atomic mass is 10.1. The first-order valence-corrected chi connectivity index (χ1v) is 6.05.